The van der Waals surface area contributed by atoms with E-state index in [1.165, 1.54) is 17.8 Å². The molecular weight excluding hydrogens is 1270 g/mol. The van der Waals surface area contributed by atoms with E-state index in [1.54, 1.807) is 6.92 Å². The van der Waals surface area contributed by atoms with Gasteiger partial charge in [-0.2, -0.15) is 5.70 Å². The Morgan fingerprint density at radius 2 is 1.39 bits per heavy atom. The second kappa shape index (κ2) is 28.5. The minimum Gasteiger partial charge on any atom is -0.756 e. The number of hydrogen-bond donors (Lipinski definition) is 9. The number of imidazole rings is 1. The molecule has 0 spiro atoms. The van der Waals surface area contributed by atoms with Crippen molar-refractivity contribution in [1.82, 2.24) is 14.9 Å². The number of allylic oxidation sites excluding steroid dienone is 6. The summed E-state index contributed by atoms with van der Waals surface area (Å²) in [6, 6.07) is 2.65. The second-order valence-electron chi connectivity index (χ2n) is 27.0. The van der Waals surface area contributed by atoms with E-state index in [-0.39, 0.29) is 94.0 Å². The molecule has 7 amide bonds. The first-order valence-corrected chi connectivity index (χ1v) is 32.2. The number of carbonyl (C=O) groups excluding carboxylic acids is 7. The van der Waals surface area contributed by atoms with Gasteiger partial charge in [-0.05, 0) is 119 Å². The fourth-order valence-corrected chi connectivity index (χ4v) is 16.4. The third kappa shape index (κ3) is 14.6. The zero-order valence-corrected chi connectivity index (χ0v) is 56.4. The molecule has 2 saturated heterocycles. The van der Waals surface area contributed by atoms with Crippen LogP contribution in [0.15, 0.2) is 67.8 Å². The summed E-state index contributed by atoms with van der Waals surface area (Å²) in [4.78, 5) is 128. The van der Waals surface area contributed by atoms with Gasteiger partial charge in [0.15, 0.2) is 6.23 Å². The number of carbonyl (C=O) groups is 7. The maximum Gasteiger partial charge on any atom is 3.00 e. The molecule has 8 rings (SSSR count). The van der Waals surface area contributed by atoms with Crippen LogP contribution in [-0.4, -0.2) is 127 Å². The Morgan fingerprint density at radius 3 is 1.96 bits per heavy atom. The number of amides is 7. The Morgan fingerprint density at radius 1 is 0.806 bits per heavy atom. The summed E-state index contributed by atoms with van der Waals surface area (Å²) in [6.45, 7) is 23.7. The number of phosphoric ester groups is 1. The topological polar surface area (TPSA) is 489 Å². The van der Waals surface area contributed by atoms with E-state index in [2.05, 4.69) is 10.3 Å². The number of benzene rings is 1. The molecule has 15 N–H and O–H groups in total. The predicted molar refractivity (Wildman–Crippen MR) is 337 cm³/mol. The van der Waals surface area contributed by atoms with Crippen LogP contribution in [-0.2, 0) is 68.7 Å². The summed E-state index contributed by atoms with van der Waals surface area (Å²) >= 11 is 0. The van der Waals surface area contributed by atoms with Gasteiger partial charge in [-0.3, -0.25) is 53.1 Å². The molecule has 8 bridgehead atoms. The van der Waals surface area contributed by atoms with Crippen LogP contribution in [0.25, 0.3) is 16.4 Å². The molecule has 6 aliphatic heterocycles. The number of nitrogens with two attached hydrogens (primary N) is 6. The molecule has 28 nitrogen and oxygen atoms in total. The van der Waals surface area contributed by atoms with Crippen LogP contribution in [0.1, 0.15) is 150 Å². The smallest absolute Gasteiger partial charge is 0.756 e. The summed E-state index contributed by atoms with van der Waals surface area (Å²) in [5.74, 6) is -7.40. The molecule has 2 fully saturated rings. The Labute approximate surface area is 551 Å². The van der Waals surface area contributed by atoms with Gasteiger partial charge in [0.2, 0.25) is 41.4 Å². The number of aliphatic hydroxyl groups is 2. The van der Waals surface area contributed by atoms with Crippen LogP contribution in [0.2, 0.25) is 0 Å². The fraction of sp³-hybridized carbons (Fsp3) is 0.619. The average Bonchev–Trinajstić information content (AvgIpc) is 1.53. The molecule has 93 heavy (non-hydrogen) atoms. The van der Waals surface area contributed by atoms with Gasteiger partial charge in [-0.25, -0.2) is 4.98 Å². The first kappa shape index (κ1) is 75.0. The third-order valence-electron chi connectivity index (χ3n) is 20.5. The molecule has 508 valence electrons. The Balaban J connectivity index is 0.00000453. The third-order valence-corrected chi connectivity index (χ3v) is 21.6. The normalized spacial score (nSPS) is 31.0. The van der Waals surface area contributed by atoms with E-state index < -0.39 is 143 Å². The number of primary amides is 6. The zero-order valence-electron chi connectivity index (χ0n) is 54.4. The number of nitrogens with one attached hydrogen (secondary N) is 1. The second-order valence-corrected chi connectivity index (χ2v) is 28.3. The van der Waals surface area contributed by atoms with E-state index in [0.717, 1.165) is 11.1 Å². The SMILES string of the molecule is CC1=C2[N-][C@H]([C@H](CC(N)=O)[C@@]2(C)CCC(=O)NC[C@@H](C)OP(=O)([O-])O[C@@H]2[C@@H](CO)OC(n3cnc4cc(C)c(C)cc43)[C@@H]2O)[C@]2(C)N=C(C(C)=C3N=C(C=C4N=C1[C@@H](CCC(N)=O)C4(C)C)[C@@H](CCC(N)=O)[C@]3(C)CC(N)=O)[C@@H](CCC(N)=O)[C@]2(C)CC(N)=O.[C-]#N.[Co+3]. The number of phosphoric acid groups is 1. The van der Waals surface area contributed by atoms with Gasteiger partial charge >= 0.3 is 16.8 Å². The van der Waals surface area contributed by atoms with Crippen molar-refractivity contribution in [2.75, 3.05) is 13.2 Å². The summed E-state index contributed by atoms with van der Waals surface area (Å²) in [7, 11) is -5.32. The van der Waals surface area contributed by atoms with Crippen LogP contribution in [0.5, 0.6) is 0 Å². The van der Waals surface area contributed by atoms with Crippen molar-refractivity contribution < 1.29 is 83.8 Å². The fourth-order valence-electron chi connectivity index (χ4n) is 15.3. The zero-order chi connectivity index (χ0) is 68.7. The molecule has 15 atom stereocenters. The number of hydrogen-bond acceptors (Lipinski definition) is 19. The number of aromatic nitrogens is 2. The standard InChI is InChI=1S/C62H90N13O14P.CN.Co/c1-29-20-39-40(21-30(29)2)75(28-70-39)57-52(84)53(41(27-76)87-57)89-90(85,86)88-31(3)26-69-49(83)18-19-59(8)37(22-46(66)80)56-62(11)61(10,25-48(68)82)36(14-17-45(65)79)51(74-62)33(5)55-60(9,24-47(67)81)34(12-15-43(63)77)38(71-55)23-42-58(6,7)35(13-16-44(64)78)50(72-42)32(4)54(59)73-56;1-2;/h20-21,23,28,31,34-37,41,52-53,56-57,76,84H,12-19,22,24-27H2,1-11H3,(H15,63,64,65,66,67,68,69,71,72,73,74,77,78,79,80,81,82,83,85,86);;/q;-1;+3/p-2/t31-,34-,35-,36-,37+,41-,52-,53-,56-,57?,59-,60+,61+,62+;;/m1../s1. The van der Waals surface area contributed by atoms with Crippen LogP contribution < -0.4 is 44.6 Å². The first-order chi connectivity index (χ1) is 42.8. The number of fused-ring (bicyclic) bond motifs is 7. The van der Waals surface area contributed by atoms with Crippen LogP contribution in [0, 0.1) is 71.0 Å². The largest absolute Gasteiger partial charge is 3.00 e. The van der Waals surface area contributed by atoms with Crippen molar-refractivity contribution in [2.24, 2.45) is 94.7 Å². The van der Waals surface area contributed by atoms with E-state index in [9.17, 15) is 53.2 Å². The number of aliphatic hydroxyl groups excluding tert-OH is 2. The molecule has 2 unspecified atom stereocenters. The monoisotopic (exact) mass is 1350 g/mol. The number of rotatable bonds is 26. The molecular formula is C63H88CoN14O14P. The quantitative estimate of drug-likeness (QED) is 0.0481. The maximum absolute atomic E-state index is 14.4. The van der Waals surface area contributed by atoms with Gasteiger partial charge in [0, 0.05) is 108 Å². The molecule has 6 aliphatic rings. The van der Waals surface area contributed by atoms with Crippen molar-refractivity contribution >= 4 is 77.3 Å². The van der Waals surface area contributed by atoms with Gasteiger partial charge < -0.3 is 90.3 Å². The summed E-state index contributed by atoms with van der Waals surface area (Å²) in [6.07, 6.45) is -4.79. The number of nitrogens with zero attached hydrogens (tertiary/aromatic N) is 7. The van der Waals surface area contributed by atoms with Crippen molar-refractivity contribution in [1.29, 1.82) is 5.26 Å². The van der Waals surface area contributed by atoms with Crippen molar-refractivity contribution in [3.8, 4) is 0 Å². The summed E-state index contributed by atoms with van der Waals surface area (Å²) < 4.78 is 31.9. The molecule has 30 heteroatoms. The average molecular weight is 1360 g/mol. The first-order valence-electron chi connectivity index (χ1n) is 30.7. The Kier molecular flexibility index (Phi) is 23.0. The minimum absolute atomic E-state index is 0. The van der Waals surface area contributed by atoms with Gasteiger partial charge in [0.05, 0.1) is 41.3 Å². The molecule has 1 aromatic heterocycles. The molecule has 0 aliphatic carbocycles. The molecule has 1 aromatic carbocycles. The van der Waals surface area contributed by atoms with Crippen LogP contribution >= 0.6 is 7.82 Å². The van der Waals surface area contributed by atoms with Gasteiger partial charge in [-0.1, -0.05) is 40.7 Å². The molecule has 2 aromatic rings. The maximum atomic E-state index is 14.4. The van der Waals surface area contributed by atoms with Crippen LogP contribution in [0.3, 0.4) is 0 Å². The Hall–Kier alpha value is -7.00. The molecule has 7 heterocycles. The van der Waals surface area contributed by atoms with E-state index >= 15 is 0 Å². The summed E-state index contributed by atoms with van der Waals surface area (Å²) in [5, 5.41) is 36.4. The van der Waals surface area contributed by atoms with Crippen LogP contribution in [0.4, 0.5) is 0 Å². The predicted octanol–water partition coefficient (Wildman–Crippen LogP) is 3.41. The minimum atomic E-state index is -5.32. The van der Waals surface area contributed by atoms with Crippen molar-refractivity contribution in [3.05, 3.63) is 75.8 Å². The summed E-state index contributed by atoms with van der Waals surface area (Å²) in [5.41, 5.74) is 36.7. The van der Waals surface area contributed by atoms with Crippen molar-refractivity contribution in [2.45, 2.75) is 189 Å². The van der Waals surface area contributed by atoms with E-state index in [1.807, 2.05) is 80.5 Å². The van der Waals surface area contributed by atoms with E-state index in [0.29, 0.717) is 56.4 Å². The number of aliphatic imine (C=N–C) groups is 3. The Bertz CT molecular complexity index is 3600. The molecule has 0 radical (unpaired) electrons. The van der Waals surface area contributed by atoms with Gasteiger partial charge in [0.1, 0.15) is 18.3 Å². The number of ether oxygens (including phenoxy) is 1. The number of aryl methyl sites for hydroxylation is 2. The van der Waals surface area contributed by atoms with Gasteiger partial charge in [0.25, 0.3) is 7.82 Å². The van der Waals surface area contributed by atoms with Crippen molar-refractivity contribution in [3.63, 3.8) is 0 Å². The van der Waals surface area contributed by atoms with Gasteiger partial charge in [-0.15, -0.1) is 0 Å². The molecule has 0 saturated carbocycles. The van der Waals surface area contributed by atoms with E-state index in [4.69, 9.17) is 80.3 Å².